The number of aromatic nitrogens is 2. The zero-order valence-electron chi connectivity index (χ0n) is 19.1. The molecule has 2 heterocycles. The van der Waals surface area contributed by atoms with E-state index in [4.69, 9.17) is 9.26 Å². The molecule has 5 rings (SSSR count). The van der Waals surface area contributed by atoms with Crippen LogP contribution in [0.15, 0.2) is 83.4 Å². The highest BCUT2D eigenvalue weighted by molar-refractivity contribution is 5.77. The Balaban J connectivity index is 1.10. The quantitative estimate of drug-likeness (QED) is 0.400. The maximum atomic E-state index is 13.0. The molecule has 0 unspecified atom stereocenters. The van der Waals surface area contributed by atoms with Crippen molar-refractivity contribution in [2.45, 2.75) is 6.54 Å². The van der Waals surface area contributed by atoms with E-state index in [1.807, 2.05) is 47.4 Å². The summed E-state index contributed by atoms with van der Waals surface area (Å²) in [7, 11) is 0. The molecule has 1 aliphatic heterocycles. The number of piperazine rings is 1. The van der Waals surface area contributed by atoms with Crippen LogP contribution < -0.4 is 4.74 Å². The van der Waals surface area contributed by atoms with Gasteiger partial charge in [-0.3, -0.25) is 9.69 Å². The number of halogens is 1. The van der Waals surface area contributed by atoms with Crippen molar-refractivity contribution >= 4 is 5.91 Å². The molecule has 0 N–H and O–H groups in total. The maximum absolute atomic E-state index is 13.0. The van der Waals surface area contributed by atoms with Crippen molar-refractivity contribution in [3.8, 4) is 28.6 Å². The van der Waals surface area contributed by atoms with Gasteiger partial charge in [0.15, 0.2) is 6.61 Å². The Hall–Kier alpha value is -4.04. The average Bonchev–Trinajstić information content (AvgIpc) is 3.40. The molecule has 178 valence electrons. The third-order valence-electron chi connectivity index (χ3n) is 5.97. The van der Waals surface area contributed by atoms with Gasteiger partial charge in [0.05, 0.1) is 0 Å². The van der Waals surface area contributed by atoms with Crippen LogP contribution in [0.25, 0.3) is 22.8 Å². The van der Waals surface area contributed by atoms with Crippen molar-refractivity contribution in [3.05, 3.63) is 90.2 Å². The Kier molecular flexibility index (Phi) is 6.81. The third-order valence-corrected chi connectivity index (χ3v) is 5.97. The third kappa shape index (κ3) is 5.73. The monoisotopic (exact) mass is 472 g/mol. The van der Waals surface area contributed by atoms with E-state index in [0.717, 1.165) is 30.8 Å². The Morgan fingerprint density at radius 1 is 0.886 bits per heavy atom. The van der Waals surface area contributed by atoms with Crippen molar-refractivity contribution in [2.75, 3.05) is 32.8 Å². The topological polar surface area (TPSA) is 71.7 Å². The number of benzene rings is 3. The van der Waals surface area contributed by atoms with Crippen molar-refractivity contribution in [1.82, 2.24) is 19.9 Å². The molecule has 0 spiro atoms. The largest absolute Gasteiger partial charge is 0.484 e. The molecule has 0 atom stereocenters. The standard InChI is InChI=1S/C27H25FN4O3/c28-23-10-12-24(13-11-23)34-19-25(33)32-16-14-31(15-17-32)18-20-6-8-21(9-7-20)26-29-27(35-30-26)22-4-2-1-3-5-22/h1-13H,14-19H2. The zero-order chi connectivity index (χ0) is 24.0. The lowest BCUT2D eigenvalue weighted by atomic mass is 10.1. The predicted octanol–water partition coefficient (Wildman–Crippen LogP) is 4.27. The molecule has 1 aliphatic rings. The lowest BCUT2D eigenvalue weighted by Gasteiger charge is -2.34. The van der Waals surface area contributed by atoms with Crippen LogP contribution in [0.1, 0.15) is 5.56 Å². The van der Waals surface area contributed by atoms with E-state index < -0.39 is 0 Å². The SMILES string of the molecule is O=C(COc1ccc(F)cc1)N1CCN(Cc2ccc(-c3noc(-c4ccccc4)n3)cc2)CC1. The van der Waals surface area contributed by atoms with Crippen LogP contribution in [0.3, 0.4) is 0 Å². The summed E-state index contributed by atoms with van der Waals surface area (Å²) in [5, 5.41) is 4.11. The molecular weight excluding hydrogens is 447 g/mol. The molecule has 1 saturated heterocycles. The fourth-order valence-corrected chi connectivity index (χ4v) is 3.98. The lowest BCUT2D eigenvalue weighted by Crippen LogP contribution is -2.49. The number of nitrogens with zero attached hydrogens (tertiary/aromatic N) is 4. The average molecular weight is 473 g/mol. The smallest absolute Gasteiger partial charge is 0.260 e. The van der Waals surface area contributed by atoms with E-state index in [1.54, 1.807) is 0 Å². The van der Waals surface area contributed by atoms with E-state index in [0.29, 0.717) is 30.6 Å². The first-order chi connectivity index (χ1) is 17.1. The summed E-state index contributed by atoms with van der Waals surface area (Å²) in [6.07, 6.45) is 0. The zero-order valence-corrected chi connectivity index (χ0v) is 19.1. The molecule has 0 aliphatic carbocycles. The summed E-state index contributed by atoms with van der Waals surface area (Å²) in [5.41, 5.74) is 2.97. The van der Waals surface area contributed by atoms with Gasteiger partial charge < -0.3 is 14.2 Å². The van der Waals surface area contributed by atoms with Gasteiger partial charge in [-0.1, -0.05) is 47.6 Å². The molecule has 0 bridgehead atoms. The van der Waals surface area contributed by atoms with Crippen molar-refractivity contribution in [2.24, 2.45) is 0 Å². The van der Waals surface area contributed by atoms with Gasteiger partial charge in [0.2, 0.25) is 5.82 Å². The van der Waals surface area contributed by atoms with Crippen LogP contribution in [-0.2, 0) is 11.3 Å². The summed E-state index contributed by atoms with van der Waals surface area (Å²) in [6.45, 7) is 3.62. The van der Waals surface area contributed by atoms with E-state index in [-0.39, 0.29) is 18.3 Å². The highest BCUT2D eigenvalue weighted by Crippen LogP contribution is 2.22. The molecule has 1 fully saturated rings. The number of hydrogen-bond acceptors (Lipinski definition) is 6. The number of amides is 1. The Morgan fingerprint density at radius 2 is 1.60 bits per heavy atom. The first kappa shape index (κ1) is 22.7. The van der Waals surface area contributed by atoms with Gasteiger partial charge in [0.25, 0.3) is 11.8 Å². The van der Waals surface area contributed by atoms with Crippen LogP contribution in [0.2, 0.25) is 0 Å². The fraction of sp³-hybridized carbons (Fsp3) is 0.222. The van der Waals surface area contributed by atoms with E-state index in [2.05, 4.69) is 27.2 Å². The molecule has 7 nitrogen and oxygen atoms in total. The van der Waals surface area contributed by atoms with Gasteiger partial charge in [-0.25, -0.2) is 4.39 Å². The minimum absolute atomic E-state index is 0.0465. The number of rotatable bonds is 7. The molecule has 3 aromatic carbocycles. The molecule has 0 radical (unpaired) electrons. The molecule has 4 aromatic rings. The van der Waals surface area contributed by atoms with Gasteiger partial charge in [-0.15, -0.1) is 0 Å². The van der Waals surface area contributed by atoms with Crippen molar-refractivity contribution in [3.63, 3.8) is 0 Å². The number of hydrogen-bond donors (Lipinski definition) is 0. The van der Waals surface area contributed by atoms with Crippen molar-refractivity contribution in [1.29, 1.82) is 0 Å². The fourth-order valence-electron chi connectivity index (χ4n) is 3.98. The second-order valence-electron chi connectivity index (χ2n) is 8.39. The van der Waals surface area contributed by atoms with Crippen LogP contribution in [0.4, 0.5) is 4.39 Å². The molecule has 8 heteroatoms. The van der Waals surface area contributed by atoms with Crippen LogP contribution in [0, 0.1) is 5.82 Å². The predicted molar refractivity (Wildman–Crippen MR) is 129 cm³/mol. The second kappa shape index (κ2) is 10.5. The van der Waals surface area contributed by atoms with Gasteiger partial charge in [-0.2, -0.15) is 4.98 Å². The van der Waals surface area contributed by atoms with Gasteiger partial charge in [-0.05, 0) is 42.0 Å². The van der Waals surface area contributed by atoms with Crippen LogP contribution in [-0.4, -0.2) is 58.6 Å². The van der Waals surface area contributed by atoms with Gasteiger partial charge >= 0.3 is 0 Å². The molecular formula is C27H25FN4O3. The van der Waals surface area contributed by atoms with Gasteiger partial charge in [0, 0.05) is 43.9 Å². The lowest BCUT2D eigenvalue weighted by molar-refractivity contribution is -0.135. The Bertz CT molecular complexity index is 1250. The first-order valence-electron chi connectivity index (χ1n) is 11.5. The molecule has 1 aromatic heterocycles. The number of carbonyl (C=O) groups is 1. The number of ether oxygens (including phenoxy) is 1. The summed E-state index contributed by atoms with van der Waals surface area (Å²) in [5.74, 6) is 1.15. The van der Waals surface area contributed by atoms with Crippen molar-refractivity contribution < 1.29 is 18.4 Å². The summed E-state index contributed by atoms with van der Waals surface area (Å²) in [4.78, 5) is 21.1. The molecule has 0 saturated carbocycles. The van der Waals surface area contributed by atoms with Crippen LogP contribution >= 0.6 is 0 Å². The highest BCUT2D eigenvalue weighted by atomic mass is 19.1. The molecule has 35 heavy (non-hydrogen) atoms. The number of carbonyl (C=O) groups excluding carboxylic acids is 1. The normalized spacial score (nSPS) is 14.1. The second-order valence-corrected chi connectivity index (χ2v) is 8.39. The maximum Gasteiger partial charge on any atom is 0.260 e. The first-order valence-corrected chi connectivity index (χ1v) is 11.5. The van der Waals surface area contributed by atoms with Gasteiger partial charge in [0.1, 0.15) is 11.6 Å². The summed E-state index contributed by atoms with van der Waals surface area (Å²) < 4.78 is 23.9. The van der Waals surface area contributed by atoms with E-state index in [9.17, 15) is 9.18 Å². The molecule has 1 amide bonds. The van der Waals surface area contributed by atoms with Crippen LogP contribution in [0.5, 0.6) is 5.75 Å². The van der Waals surface area contributed by atoms with E-state index in [1.165, 1.54) is 29.8 Å². The van der Waals surface area contributed by atoms with E-state index >= 15 is 0 Å². The summed E-state index contributed by atoms with van der Waals surface area (Å²) in [6, 6.07) is 23.5. The highest BCUT2D eigenvalue weighted by Gasteiger charge is 2.21. The Morgan fingerprint density at radius 3 is 2.31 bits per heavy atom. The minimum atomic E-state index is -0.332. The minimum Gasteiger partial charge on any atom is -0.484 e. The summed E-state index contributed by atoms with van der Waals surface area (Å²) >= 11 is 0. The Labute approximate surface area is 202 Å².